The number of benzene rings is 1. The molecule has 4 heterocycles. The zero-order valence-electron chi connectivity index (χ0n) is 32.5. The summed E-state index contributed by atoms with van der Waals surface area (Å²) in [5, 5.41) is 0.812. The Morgan fingerprint density at radius 2 is 1.22 bits per heavy atom. The average molecular weight is 911 g/mol. The number of carbonyl (C=O) groups excluding carboxylic acids is 4. The fourth-order valence-electron chi connectivity index (χ4n) is 7.45. The molecule has 4 aliphatic rings. The number of esters is 4. The van der Waals surface area contributed by atoms with Crippen LogP contribution in [0.25, 0.3) is 0 Å². The maximum Gasteiger partial charge on any atom is 0.470 e. The number of carbonyl (C=O) groups is 4. The number of hydrogen-bond acceptors (Lipinski definition) is 16. The topological polar surface area (TPSA) is 179 Å². The molecule has 16 nitrogen and oxygen atoms in total. The minimum Gasteiger partial charge on any atom is -0.420 e. The van der Waals surface area contributed by atoms with Crippen molar-refractivity contribution < 1.29 is 69.8 Å². The zero-order chi connectivity index (χ0) is 39.5. The summed E-state index contributed by atoms with van der Waals surface area (Å²) in [7, 11) is -25.4. The highest BCUT2D eigenvalue weighted by molar-refractivity contribution is 6.96. The maximum absolute atomic E-state index is 12.2. The van der Waals surface area contributed by atoms with Crippen LogP contribution in [0.3, 0.4) is 0 Å². The first-order valence-electron chi connectivity index (χ1n) is 18.4. The molecule has 0 aliphatic carbocycles. The second-order valence-electron chi connectivity index (χ2n) is 14.8. The predicted molar refractivity (Wildman–Crippen MR) is 212 cm³/mol. The van der Waals surface area contributed by atoms with E-state index in [9.17, 15) is 19.2 Å². The van der Waals surface area contributed by atoms with E-state index < -0.39 is 116 Å². The largest absolute Gasteiger partial charge is 0.470 e. The lowest BCUT2D eigenvalue weighted by Crippen LogP contribution is -2.70. The van der Waals surface area contributed by atoms with Gasteiger partial charge in [-0.15, -0.1) is 0 Å². The van der Waals surface area contributed by atoms with Gasteiger partial charge in [-0.3, -0.25) is 19.2 Å². The van der Waals surface area contributed by atoms with Gasteiger partial charge in [0.1, 0.15) is 0 Å². The highest BCUT2D eigenvalue weighted by atomic mass is 28.6. The van der Waals surface area contributed by atoms with Crippen molar-refractivity contribution in [3.8, 4) is 0 Å². The van der Waals surface area contributed by atoms with Gasteiger partial charge in [-0.25, -0.2) is 0 Å². The normalized spacial score (nSPS) is 38.2. The molecule has 4 aliphatic heterocycles. The third-order valence-corrected chi connectivity index (χ3v) is 43.8. The van der Waals surface area contributed by atoms with Crippen molar-refractivity contribution in [1.82, 2.24) is 0 Å². The Kier molecular flexibility index (Phi) is 14.6. The summed E-state index contributed by atoms with van der Waals surface area (Å²) in [5.41, 5.74) is 0. The molecule has 10 atom stereocenters. The van der Waals surface area contributed by atoms with Crippen molar-refractivity contribution in [2.75, 3.05) is 0 Å². The zero-order valence-corrected chi connectivity index (χ0v) is 41.9. The van der Waals surface area contributed by atoms with E-state index in [1.165, 1.54) is 0 Å². The van der Waals surface area contributed by atoms with E-state index in [1.54, 1.807) is 0 Å². The van der Waals surface area contributed by atoms with Gasteiger partial charge in [0.15, 0.2) is 0 Å². The lowest BCUT2D eigenvalue weighted by molar-refractivity contribution is -0.155. The van der Waals surface area contributed by atoms with E-state index in [-0.39, 0.29) is 12.8 Å². The third-order valence-electron chi connectivity index (χ3n) is 9.40. The van der Waals surface area contributed by atoms with Crippen molar-refractivity contribution in [3.05, 3.63) is 30.3 Å². The lowest BCUT2D eigenvalue weighted by atomic mass is 10.0. The molecule has 10 unspecified atom stereocenters. The van der Waals surface area contributed by atoms with E-state index in [0.717, 1.165) is 5.19 Å². The van der Waals surface area contributed by atoms with Crippen LogP contribution in [0.1, 0.15) is 38.5 Å². The van der Waals surface area contributed by atoms with Crippen LogP contribution in [0, 0.1) is 11.8 Å². The van der Waals surface area contributed by atoms with Gasteiger partial charge in [0, 0.05) is 13.1 Å². The number of ether oxygens (including phenoxy) is 2. The Morgan fingerprint density at radius 3 is 1.74 bits per heavy atom. The molecule has 1 aromatic carbocycles. The minimum absolute atomic E-state index is 0.0778. The quantitative estimate of drug-likeness (QED) is 0.160. The van der Waals surface area contributed by atoms with Crippen LogP contribution in [0.2, 0.25) is 71.0 Å². The first-order chi connectivity index (χ1) is 25.2. The Morgan fingerprint density at radius 1 is 0.741 bits per heavy atom. The van der Waals surface area contributed by atoms with Gasteiger partial charge >= 0.3 is 95.0 Å². The molecule has 0 saturated carbocycles. The molecule has 1 radical (unpaired) electrons. The first kappa shape index (κ1) is 44.2. The summed E-state index contributed by atoms with van der Waals surface area (Å²) in [6.45, 7) is 17.3. The second-order valence-corrected chi connectivity index (χ2v) is 39.6. The Bertz CT molecular complexity index is 1450. The number of cyclic esters (lactones) is 4. The molecule has 4 saturated heterocycles. The third kappa shape index (κ3) is 12.0. The van der Waals surface area contributed by atoms with Crippen molar-refractivity contribution in [3.63, 3.8) is 0 Å². The summed E-state index contributed by atoms with van der Waals surface area (Å²) < 4.78 is 77.3. The Labute approximate surface area is 329 Å². The molecular formula is C29H53O16Si9. The van der Waals surface area contributed by atoms with Crippen LogP contribution in [-0.2, 0) is 69.8 Å². The van der Waals surface area contributed by atoms with Gasteiger partial charge in [-0.2, -0.15) is 0 Å². The van der Waals surface area contributed by atoms with Crippen LogP contribution >= 0.6 is 0 Å². The van der Waals surface area contributed by atoms with Crippen molar-refractivity contribution in [1.29, 1.82) is 0 Å². The summed E-state index contributed by atoms with van der Waals surface area (Å²) in [4.78, 5) is 47.7. The molecule has 25 heteroatoms. The van der Waals surface area contributed by atoms with Crippen LogP contribution in [-0.4, -0.2) is 104 Å². The van der Waals surface area contributed by atoms with Gasteiger partial charge < -0.3 is 50.6 Å². The summed E-state index contributed by atoms with van der Waals surface area (Å²) in [5.74, 6) is -2.92. The minimum atomic E-state index is -3.64. The molecule has 301 valence electrons. The monoisotopic (exact) mass is 909 g/mol. The van der Waals surface area contributed by atoms with Crippen molar-refractivity contribution in [2.45, 2.75) is 110 Å². The smallest absolute Gasteiger partial charge is 0.420 e. The fraction of sp³-hybridized carbons (Fsp3) is 0.655. The first-order valence-corrected chi connectivity index (χ1v) is 38.3. The van der Waals surface area contributed by atoms with E-state index >= 15 is 0 Å². The van der Waals surface area contributed by atoms with Gasteiger partial charge in [0.05, 0.1) is 24.7 Å². The summed E-state index contributed by atoms with van der Waals surface area (Å²) >= 11 is 0. The van der Waals surface area contributed by atoms with Crippen LogP contribution < -0.4 is 5.19 Å². The maximum atomic E-state index is 12.2. The van der Waals surface area contributed by atoms with Crippen molar-refractivity contribution >= 4 is 109 Å². The average Bonchev–Trinajstić information content (AvgIpc) is 3.51. The molecular weight excluding hydrogens is 857 g/mol. The van der Waals surface area contributed by atoms with E-state index in [0.29, 0.717) is 37.8 Å². The molecule has 4 fully saturated rings. The molecule has 0 spiro atoms. The van der Waals surface area contributed by atoms with Crippen LogP contribution in [0.15, 0.2) is 30.3 Å². The number of hydrogen-bond donors (Lipinski definition) is 0. The molecule has 0 N–H and O–H groups in total. The molecule has 0 bridgehead atoms. The number of rotatable bonds is 13. The lowest BCUT2D eigenvalue weighted by Gasteiger charge is -2.47. The highest BCUT2D eigenvalue weighted by Gasteiger charge is 2.59. The van der Waals surface area contributed by atoms with Crippen LogP contribution in [0.5, 0.6) is 0 Å². The van der Waals surface area contributed by atoms with Gasteiger partial charge in [0.2, 0.25) is 0 Å². The van der Waals surface area contributed by atoms with Gasteiger partial charge in [-0.05, 0) is 75.9 Å². The van der Waals surface area contributed by atoms with Crippen LogP contribution in [0.4, 0.5) is 0 Å². The van der Waals surface area contributed by atoms with Crippen molar-refractivity contribution in [2.24, 2.45) is 11.8 Å². The molecule has 5 rings (SSSR count). The predicted octanol–water partition coefficient (Wildman–Crippen LogP) is 2.85. The van der Waals surface area contributed by atoms with E-state index in [2.05, 4.69) is 0 Å². The van der Waals surface area contributed by atoms with Gasteiger partial charge in [-0.1, -0.05) is 43.2 Å². The highest BCUT2D eigenvalue weighted by Crippen LogP contribution is 2.35. The summed E-state index contributed by atoms with van der Waals surface area (Å²) in [6, 6.07) is 10.7. The molecule has 1 aromatic rings. The van der Waals surface area contributed by atoms with E-state index in [1.807, 2.05) is 89.3 Å². The second kappa shape index (κ2) is 17.9. The molecule has 0 aromatic heterocycles. The molecule has 0 amide bonds. The fourth-order valence-corrected chi connectivity index (χ4v) is 46.6. The van der Waals surface area contributed by atoms with E-state index in [4.69, 9.17) is 50.6 Å². The Balaban J connectivity index is 1.40. The summed E-state index contributed by atoms with van der Waals surface area (Å²) in [6.07, 6.45) is 2.25. The van der Waals surface area contributed by atoms with Gasteiger partial charge in [0.25, 0.3) is 9.28 Å². The standard InChI is InChI=1S/C29H53O16Si9/c1-46-36-48(3)40-53(8,42-50(5,38-46)19-13-15-23-21-26(30)34-28(23)32)44-52(7,25-17-11-10-12-18-25)45-54(9)41-49(4)37-47(2)39-51(6,43-54)20-14-16-24-22-27(31)35-29(24)33/h10-12,17-18,23-24,46,48-49H,13-16,19-22H2,1-9H3. The Hall–Kier alpha value is -0.948. The SMILES string of the molecule is C[Si]1O[SiH](C)O[Si](C)(O[Si](C)(O[Si]2(C)O[SiH](C)O[SiH](C)O[Si](C)(CCCC3CC(=O)OC3=O)O2)c2ccccc2)O[Si](C)(CCCC2CC(=O)OC2=O)O1. The molecule has 54 heavy (non-hydrogen) atoms.